The van der Waals surface area contributed by atoms with Gasteiger partial charge in [0, 0.05) is 12.1 Å². The summed E-state index contributed by atoms with van der Waals surface area (Å²) < 4.78 is 12.9. The van der Waals surface area contributed by atoms with Crippen molar-refractivity contribution in [2.24, 2.45) is 5.73 Å². The number of aromatic nitrogens is 1. The van der Waals surface area contributed by atoms with Crippen LogP contribution in [0.25, 0.3) is 10.6 Å². The van der Waals surface area contributed by atoms with E-state index in [0.717, 1.165) is 23.4 Å². The van der Waals surface area contributed by atoms with Crippen LogP contribution in [0, 0.1) is 12.7 Å². The van der Waals surface area contributed by atoms with Crippen molar-refractivity contribution in [1.29, 1.82) is 0 Å². The highest BCUT2D eigenvalue weighted by Gasteiger charge is 2.15. The number of hydrogen-bond acceptors (Lipinski definition) is 4. The maximum Gasteiger partial charge on any atom is 0.263 e. The number of nitrogens with two attached hydrogens (primary N) is 1. The quantitative estimate of drug-likeness (QED) is 0.806. The Labute approximate surface area is 127 Å². The molecule has 0 aliphatic rings. The molecule has 0 bridgehead atoms. The Hall–Kier alpha value is -1.79. The molecule has 0 aliphatic heterocycles. The maximum atomic E-state index is 12.9. The summed E-state index contributed by atoms with van der Waals surface area (Å²) in [5.74, 6) is -0.403. The second-order valence-electron chi connectivity index (χ2n) is 4.69. The number of thiazole rings is 1. The number of carbonyl (C=O) groups excluding carboxylic acids is 1. The second kappa shape index (κ2) is 7.28. The Morgan fingerprint density at radius 2 is 2.05 bits per heavy atom. The zero-order chi connectivity index (χ0) is 15.2. The number of unbranched alkanes of at least 4 members (excludes halogenated alkanes) is 1. The lowest BCUT2D eigenvalue weighted by atomic mass is 10.2. The molecular formula is C15H18FN3OS. The molecule has 0 spiro atoms. The normalized spacial score (nSPS) is 10.6. The maximum absolute atomic E-state index is 12.9. The lowest BCUT2D eigenvalue weighted by Crippen LogP contribution is -2.24. The molecular weight excluding hydrogens is 289 g/mol. The third-order valence-corrected chi connectivity index (χ3v) is 4.22. The van der Waals surface area contributed by atoms with Gasteiger partial charge in [0.25, 0.3) is 5.91 Å². The molecule has 0 radical (unpaired) electrons. The first-order valence-electron chi connectivity index (χ1n) is 6.83. The Morgan fingerprint density at radius 3 is 2.71 bits per heavy atom. The molecule has 6 heteroatoms. The lowest BCUT2D eigenvalue weighted by molar-refractivity contribution is 0.0956. The van der Waals surface area contributed by atoms with E-state index >= 15 is 0 Å². The van der Waals surface area contributed by atoms with Crippen LogP contribution in [0.4, 0.5) is 4.39 Å². The highest BCUT2D eigenvalue weighted by Crippen LogP contribution is 2.27. The number of nitrogens with zero attached hydrogens (tertiary/aromatic N) is 1. The number of hydrogen-bond donors (Lipinski definition) is 2. The molecule has 21 heavy (non-hydrogen) atoms. The fourth-order valence-corrected chi connectivity index (χ4v) is 2.86. The van der Waals surface area contributed by atoms with E-state index in [1.807, 2.05) is 0 Å². The second-order valence-corrected chi connectivity index (χ2v) is 5.69. The lowest BCUT2D eigenvalue weighted by Gasteiger charge is -2.02. The number of amides is 1. The molecule has 0 atom stereocenters. The monoisotopic (exact) mass is 307 g/mol. The molecule has 2 rings (SSSR count). The zero-order valence-corrected chi connectivity index (χ0v) is 12.7. The van der Waals surface area contributed by atoms with Crippen LogP contribution in [0.5, 0.6) is 0 Å². The summed E-state index contributed by atoms with van der Waals surface area (Å²) in [5, 5.41) is 3.59. The number of nitrogens with one attached hydrogen (secondary N) is 1. The van der Waals surface area contributed by atoms with Gasteiger partial charge in [0.2, 0.25) is 0 Å². The van der Waals surface area contributed by atoms with Gasteiger partial charge < -0.3 is 11.1 Å². The van der Waals surface area contributed by atoms with Crippen molar-refractivity contribution < 1.29 is 9.18 Å². The van der Waals surface area contributed by atoms with Crippen LogP contribution in [0.1, 0.15) is 28.2 Å². The van der Waals surface area contributed by atoms with E-state index < -0.39 is 0 Å². The fourth-order valence-electron chi connectivity index (χ4n) is 1.87. The summed E-state index contributed by atoms with van der Waals surface area (Å²) in [5.41, 5.74) is 6.91. The Bertz CT molecular complexity index is 610. The summed E-state index contributed by atoms with van der Waals surface area (Å²) in [6.45, 7) is 3.04. The van der Waals surface area contributed by atoms with Gasteiger partial charge in [0.05, 0.1) is 5.69 Å². The van der Waals surface area contributed by atoms with Gasteiger partial charge in [-0.05, 0) is 50.6 Å². The van der Waals surface area contributed by atoms with Crippen molar-refractivity contribution in [1.82, 2.24) is 10.3 Å². The average Bonchev–Trinajstić information content (AvgIpc) is 2.86. The molecule has 0 fully saturated rings. The van der Waals surface area contributed by atoms with E-state index in [1.54, 1.807) is 19.1 Å². The highest BCUT2D eigenvalue weighted by atomic mass is 32.1. The predicted octanol–water partition coefficient (Wildman–Crippen LogP) is 2.73. The minimum absolute atomic E-state index is 0.115. The molecule has 0 unspecified atom stereocenters. The Balaban J connectivity index is 2.08. The van der Waals surface area contributed by atoms with Crippen LogP contribution in [0.3, 0.4) is 0 Å². The average molecular weight is 307 g/mol. The van der Waals surface area contributed by atoms with E-state index in [9.17, 15) is 9.18 Å². The summed E-state index contributed by atoms with van der Waals surface area (Å²) in [6.07, 6.45) is 1.76. The van der Waals surface area contributed by atoms with E-state index in [0.29, 0.717) is 23.7 Å². The van der Waals surface area contributed by atoms with Gasteiger partial charge in [-0.2, -0.15) is 0 Å². The molecule has 1 heterocycles. The number of halogens is 1. The van der Waals surface area contributed by atoms with E-state index in [-0.39, 0.29) is 11.7 Å². The van der Waals surface area contributed by atoms with Crippen molar-refractivity contribution in [3.05, 3.63) is 40.7 Å². The van der Waals surface area contributed by atoms with Crippen LogP contribution < -0.4 is 11.1 Å². The van der Waals surface area contributed by atoms with E-state index in [1.165, 1.54) is 23.5 Å². The van der Waals surface area contributed by atoms with Gasteiger partial charge in [-0.15, -0.1) is 11.3 Å². The van der Waals surface area contributed by atoms with Gasteiger partial charge in [-0.3, -0.25) is 4.79 Å². The molecule has 0 saturated carbocycles. The summed E-state index contributed by atoms with van der Waals surface area (Å²) >= 11 is 1.32. The van der Waals surface area contributed by atoms with Gasteiger partial charge in [-0.1, -0.05) is 0 Å². The smallest absolute Gasteiger partial charge is 0.263 e. The largest absolute Gasteiger partial charge is 0.351 e. The van der Waals surface area contributed by atoms with Gasteiger partial charge in [-0.25, -0.2) is 9.37 Å². The first-order valence-corrected chi connectivity index (χ1v) is 7.65. The molecule has 4 nitrogen and oxygen atoms in total. The van der Waals surface area contributed by atoms with E-state index in [2.05, 4.69) is 10.3 Å². The summed E-state index contributed by atoms with van der Waals surface area (Å²) in [6, 6.07) is 6.10. The standard InChI is InChI=1S/C15H18FN3OS/c1-10-13(14(20)18-9-3-2-8-17)21-15(19-10)11-4-6-12(16)7-5-11/h4-7H,2-3,8-9,17H2,1H3,(H,18,20). The number of aryl methyl sites for hydroxylation is 1. The van der Waals surface area contributed by atoms with Crippen LogP contribution in [0.15, 0.2) is 24.3 Å². The Kier molecular flexibility index (Phi) is 5.41. The predicted molar refractivity (Wildman–Crippen MR) is 82.9 cm³/mol. The zero-order valence-electron chi connectivity index (χ0n) is 11.9. The van der Waals surface area contributed by atoms with Crippen molar-refractivity contribution in [3.8, 4) is 10.6 Å². The molecule has 0 saturated heterocycles. The molecule has 2 aromatic rings. The number of carbonyl (C=O) groups is 1. The van der Waals surface area contributed by atoms with Gasteiger partial charge in [0.1, 0.15) is 15.7 Å². The highest BCUT2D eigenvalue weighted by molar-refractivity contribution is 7.17. The minimum atomic E-state index is -0.287. The van der Waals surface area contributed by atoms with Crippen LogP contribution in [-0.2, 0) is 0 Å². The minimum Gasteiger partial charge on any atom is -0.351 e. The summed E-state index contributed by atoms with van der Waals surface area (Å²) in [4.78, 5) is 17.1. The van der Waals surface area contributed by atoms with Crippen molar-refractivity contribution >= 4 is 17.2 Å². The molecule has 1 amide bonds. The van der Waals surface area contributed by atoms with Crippen LogP contribution in [0.2, 0.25) is 0 Å². The molecule has 0 aliphatic carbocycles. The first-order chi connectivity index (χ1) is 10.1. The van der Waals surface area contributed by atoms with Crippen molar-refractivity contribution in [2.45, 2.75) is 19.8 Å². The van der Waals surface area contributed by atoms with Crippen molar-refractivity contribution in [3.63, 3.8) is 0 Å². The van der Waals surface area contributed by atoms with Crippen LogP contribution >= 0.6 is 11.3 Å². The third kappa shape index (κ3) is 4.09. The summed E-state index contributed by atoms with van der Waals surface area (Å²) in [7, 11) is 0. The first kappa shape index (κ1) is 15.6. The third-order valence-electron chi connectivity index (χ3n) is 3.01. The topological polar surface area (TPSA) is 68.0 Å². The number of rotatable bonds is 6. The fraction of sp³-hybridized carbons (Fsp3) is 0.333. The van der Waals surface area contributed by atoms with Crippen LogP contribution in [-0.4, -0.2) is 24.0 Å². The van der Waals surface area contributed by atoms with E-state index in [4.69, 9.17) is 5.73 Å². The Morgan fingerprint density at radius 1 is 1.33 bits per heavy atom. The van der Waals surface area contributed by atoms with Crippen molar-refractivity contribution in [2.75, 3.05) is 13.1 Å². The number of benzene rings is 1. The molecule has 1 aromatic heterocycles. The van der Waals surface area contributed by atoms with Gasteiger partial charge >= 0.3 is 0 Å². The van der Waals surface area contributed by atoms with Gasteiger partial charge in [0.15, 0.2) is 0 Å². The molecule has 112 valence electrons. The molecule has 3 N–H and O–H groups in total. The molecule has 1 aromatic carbocycles. The SMILES string of the molecule is Cc1nc(-c2ccc(F)cc2)sc1C(=O)NCCCCN.